The molecule has 2 spiro atoms. The molecule has 108 valence electrons. The minimum atomic E-state index is -1.98. The minimum absolute atomic E-state index is 0.266. The lowest BCUT2D eigenvalue weighted by molar-refractivity contribution is -0.221. The lowest BCUT2D eigenvalue weighted by Crippen LogP contribution is -2.73. The molecule has 0 radical (unpaired) electrons. The van der Waals surface area contributed by atoms with E-state index < -0.39 is 34.7 Å². The summed E-state index contributed by atoms with van der Waals surface area (Å²) in [5.74, 6) is -3.66. The van der Waals surface area contributed by atoms with Gasteiger partial charge in [0.2, 0.25) is 10.8 Å². The van der Waals surface area contributed by atoms with Crippen LogP contribution in [0.25, 0.3) is 5.57 Å². The maximum atomic E-state index is 12.2. The molecule has 0 saturated carbocycles. The van der Waals surface area contributed by atoms with E-state index in [9.17, 15) is 19.2 Å². The maximum Gasteiger partial charge on any atom is 0.337 e. The van der Waals surface area contributed by atoms with Crippen molar-refractivity contribution in [2.45, 2.75) is 0 Å². The van der Waals surface area contributed by atoms with Crippen molar-refractivity contribution in [2.24, 2.45) is 10.8 Å². The van der Waals surface area contributed by atoms with E-state index in [4.69, 9.17) is 0 Å². The number of cyclic esters (lactones) is 4. The highest BCUT2D eigenvalue weighted by molar-refractivity contribution is 6.34. The van der Waals surface area contributed by atoms with Gasteiger partial charge in [0, 0.05) is 0 Å². The number of fused-ring (bicyclic) bond motifs is 1. The fourth-order valence-electron chi connectivity index (χ4n) is 3.22. The van der Waals surface area contributed by atoms with E-state index in [0.717, 1.165) is 0 Å². The fraction of sp³-hybridized carbons (Fsp3) is 0.125. The van der Waals surface area contributed by atoms with Gasteiger partial charge in [-0.3, -0.25) is 0 Å². The third-order valence-electron chi connectivity index (χ3n) is 4.32. The van der Waals surface area contributed by atoms with Crippen LogP contribution in [0, 0.1) is 10.8 Å². The quantitative estimate of drug-likeness (QED) is 0.562. The largest absolute Gasteiger partial charge is 0.391 e. The minimum Gasteiger partial charge on any atom is -0.391 e. The Balaban J connectivity index is 2.01. The molecule has 3 aliphatic rings. The molecule has 6 nitrogen and oxygen atoms in total. The second-order valence-corrected chi connectivity index (χ2v) is 5.22. The summed E-state index contributed by atoms with van der Waals surface area (Å²) in [4.78, 5) is 48.5. The Labute approximate surface area is 124 Å². The molecule has 0 N–H and O–H groups in total. The van der Waals surface area contributed by atoms with Gasteiger partial charge in [-0.15, -0.1) is 0 Å². The Morgan fingerprint density at radius 1 is 0.773 bits per heavy atom. The third kappa shape index (κ3) is 1.09. The van der Waals surface area contributed by atoms with Crippen LogP contribution in [0.1, 0.15) is 5.56 Å². The molecular weight excluding hydrogens is 288 g/mol. The van der Waals surface area contributed by atoms with Gasteiger partial charge in [0.05, 0.1) is 0 Å². The third-order valence-corrected chi connectivity index (χ3v) is 4.32. The molecule has 22 heavy (non-hydrogen) atoms. The van der Waals surface area contributed by atoms with Crippen molar-refractivity contribution in [3.05, 3.63) is 54.1 Å². The number of hydrogen-bond donors (Lipinski definition) is 0. The van der Waals surface area contributed by atoms with E-state index in [2.05, 4.69) is 9.47 Å². The highest BCUT2D eigenvalue weighted by Crippen LogP contribution is 2.62. The van der Waals surface area contributed by atoms with Crippen LogP contribution < -0.4 is 0 Å². The summed E-state index contributed by atoms with van der Waals surface area (Å²) < 4.78 is 8.93. The van der Waals surface area contributed by atoms with Crippen molar-refractivity contribution in [3.63, 3.8) is 0 Å². The topological polar surface area (TPSA) is 86.7 Å². The number of esters is 4. The Bertz CT molecular complexity index is 786. The zero-order valence-corrected chi connectivity index (χ0v) is 11.1. The van der Waals surface area contributed by atoms with Crippen molar-refractivity contribution in [3.8, 4) is 0 Å². The molecule has 2 fully saturated rings. The van der Waals surface area contributed by atoms with Crippen molar-refractivity contribution >= 4 is 29.5 Å². The van der Waals surface area contributed by atoms with Crippen molar-refractivity contribution in [1.29, 1.82) is 0 Å². The molecule has 2 saturated heterocycles. The maximum absolute atomic E-state index is 12.2. The lowest BCUT2D eigenvalue weighted by Gasteiger charge is -2.51. The van der Waals surface area contributed by atoms with Gasteiger partial charge in [0.1, 0.15) is 0 Å². The predicted octanol–water partition coefficient (Wildman–Crippen LogP) is 0.779. The van der Waals surface area contributed by atoms with Gasteiger partial charge in [-0.25, -0.2) is 19.2 Å². The number of rotatable bonds is 1. The summed E-state index contributed by atoms with van der Waals surface area (Å²) >= 11 is 0. The van der Waals surface area contributed by atoms with Crippen LogP contribution in [-0.4, -0.2) is 23.9 Å². The average molecular weight is 296 g/mol. The Morgan fingerprint density at radius 2 is 1.36 bits per heavy atom. The van der Waals surface area contributed by atoms with Crippen LogP contribution in [0.5, 0.6) is 0 Å². The summed E-state index contributed by atoms with van der Waals surface area (Å²) in [5.41, 5.74) is -3.10. The zero-order chi connectivity index (χ0) is 15.5. The standard InChI is InChI=1S/C16H8O6/c17-11-15(12(18)21-11)8-4-7-10(9-5-2-1-3-6-9)16(15)13(19)22-14(16)20/h1-8H. The zero-order valence-electron chi connectivity index (χ0n) is 11.1. The van der Waals surface area contributed by atoms with Crippen LogP contribution >= 0.6 is 0 Å². The molecule has 0 aromatic heterocycles. The molecule has 1 aromatic rings. The molecule has 0 amide bonds. The van der Waals surface area contributed by atoms with E-state index in [1.165, 1.54) is 18.2 Å². The normalized spacial score (nSPS) is 23.5. The predicted molar refractivity (Wildman–Crippen MR) is 70.6 cm³/mol. The van der Waals surface area contributed by atoms with Gasteiger partial charge in [0.15, 0.2) is 0 Å². The molecule has 6 heteroatoms. The number of carbonyl (C=O) groups is 4. The van der Waals surface area contributed by atoms with E-state index in [-0.39, 0.29) is 5.57 Å². The molecule has 2 aliphatic heterocycles. The van der Waals surface area contributed by atoms with Crippen LogP contribution in [0.3, 0.4) is 0 Å². The molecular formula is C16H8O6. The van der Waals surface area contributed by atoms with Crippen LogP contribution in [0.15, 0.2) is 48.6 Å². The molecule has 0 unspecified atom stereocenters. The van der Waals surface area contributed by atoms with Gasteiger partial charge in [0.25, 0.3) is 0 Å². The molecule has 2 heterocycles. The fourth-order valence-corrected chi connectivity index (χ4v) is 3.22. The Hall–Kier alpha value is -3.02. The van der Waals surface area contributed by atoms with Gasteiger partial charge in [-0.05, 0) is 11.1 Å². The second-order valence-electron chi connectivity index (χ2n) is 5.22. The van der Waals surface area contributed by atoms with Gasteiger partial charge < -0.3 is 9.47 Å². The highest BCUT2D eigenvalue weighted by Gasteiger charge is 2.83. The molecule has 1 aliphatic carbocycles. The number of ether oxygens (including phenoxy) is 2. The summed E-state index contributed by atoms with van der Waals surface area (Å²) in [6, 6.07) is 8.60. The highest BCUT2D eigenvalue weighted by atomic mass is 16.6. The van der Waals surface area contributed by atoms with E-state index in [0.29, 0.717) is 5.56 Å². The van der Waals surface area contributed by atoms with Crippen molar-refractivity contribution in [2.75, 3.05) is 0 Å². The SMILES string of the molecule is O=C1OC(=O)C12C=CC=C(c1ccccc1)C21C(=O)OC1=O. The average Bonchev–Trinajstić information content (AvgIpc) is 2.55. The van der Waals surface area contributed by atoms with Gasteiger partial charge >= 0.3 is 23.9 Å². The summed E-state index contributed by atoms with van der Waals surface area (Å²) in [7, 11) is 0. The van der Waals surface area contributed by atoms with Crippen LogP contribution in [0.4, 0.5) is 0 Å². The molecule has 0 atom stereocenters. The Kier molecular flexibility index (Phi) is 2.19. The van der Waals surface area contributed by atoms with Gasteiger partial charge in [-0.1, -0.05) is 48.6 Å². The number of allylic oxidation sites excluding steroid dienone is 2. The molecule has 0 bridgehead atoms. The molecule has 1 aromatic carbocycles. The van der Waals surface area contributed by atoms with E-state index >= 15 is 0 Å². The first-order valence-corrected chi connectivity index (χ1v) is 6.54. The van der Waals surface area contributed by atoms with Gasteiger partial charge in [-0.2, -0.15) is 0 Å². The van der Waals surface area contributed by atoms with Crippen molar-refractivity contribution in [1.82, 2.24) is 0 Å². The van der Waals surface area contributed by atoms with E-state index in [1.807, 2.05) is 0 Å². The smallest absolute Gasteiger partial charge is 0.337 e. The van der Waals surface area contributed by atoms with Crippen molar-refractivity contribution < 1.29 is 28.7 Å². The first-order valence-electron chi connectivity index (χ1n) is 6.54. The van der Waals surface area contributed by atoms with Crippen LogP contribution in [0.2, 0.25) is 0 Å². The Morgan fingerprint density at radius 3 is 1.91 bits per heavy atom. The molecule has 4 rings (SSSR count). The first kappa shape index (κ1) is 12.7. The number of hydrogen-bond acceptors (Lipinski definition) is 6. The number of benzene rings is 1. The second kappa shape index (κ2) is 3.79. The number of carbonyl (C=O) groups excluding carboxylic acids is 4. The summed E-state index contributed by atoms with van der Waals surface area (Å²) in [5, 5.41) is 0. The summed E-state index contributed by atoms with van der Waals surface area (Å²) in [6.45, 7) is 0. The monoisotopic (exact) mass is 296 g/mol. The van der Waals surface area contributed by atoms with E-state index in [1.54, 1.807) is 30.3 Å². The summed E-state index contributed by atoms with van der Waals surface area (Å²) in [6.07, 6.45) is 4.26. The van der Waals surface area contributed by atoms with Crippen LogP contribution in [-0.2, 0) is 28.7 Å². The first-order chi connectivity index (χ1) is 10.5. The lowest BCUT2D eigenvalue weighted by atomic mass is 9.52.